The first-order valence-electron chi connectivity index (χ1n) is 5.81. The van der Waals surface area contributed by atoms with Crippen LogP contribution in [-0.2, 0) is 4.74 Å². The number of nitrogens with one attached hydrogen (secondary N) is 1. The molecule has 2 unspecified atom stereocenters. The molecule has 0 radical (unpaired) electrons. The van der Waals surface area contributed by atoms with Gasteiger partial charge < -0.3 is 4.74 Å². The first-order chi connectivity index (χ1) is 8.10. The second kappa shape index (κ2) is 6.69. The van der Waals surface area contributed by atoms with Gasteiger partial charge in [0.25, 0.3) is 0 Å². The van der Waals surface area contributed by atoms with Crippen LogP contribution in [0.15, 0.2) is 18.2 Å². The third kappa shape index (κ3) is 3.77. The van der Waals surface area contributed by atoms with Gasteiger partial charge in [0.05, 0.1) is 0 Å². The Hall–Kier alpha value is -0.970. The summed E-state index contributed by atoms with van der Waals surface area (Å²) >= 11 is 0. The molecule has 1 rings (SSSR count). The van der Waals surface area contributed by atoms with Crippen LogP contribution in [0.2, 0.25) is 0 Å². The topological polar surface area (TPSA) is 47.3 Å². The summed E-state index contributed by atoms with van der Waals surface area (Å²) in [7, 11) is 1.68. The fraction of sp³-hybridized carbons (Fsp3) is 0.538. The van der Waals surface area contributed by atoms with Crippen LogP contribution in [0.4, 0.5) is 4.39 Å². The maximum atomic E-state index is 13.2. The molecule has 3 nitrogen and oxygen atoms in total. The van der Waals surface area contributed by atoms with Gasteiger partial charge in [0.15, 0.2) is 0 Å². The lowest BCUT2D eigenvalue weighted by Gasteiger charge is -2.24. The molecule has 0 aliphatic rings. The zero-order valence-electron chi connectivity index (χ0n) is 10.7. The highest BCUT2D eigenvalue weighted by Crippen LogP contribution is 2.25. The minimum atomic E-state index is -0.186. The summed E-state index contributed by atoms with van der Waals surface area (Å²) in [5, 5.41) is 0. The van der Waals surface area contributed by atoms with Gasteiger partial charge in [-0.15, -0.1) is 0 Å². The highest BCUT2D eigenvalue weighted by atomic mass is 19.1. The fourth-order valence-corrected chi connectivity index (χ4v) is 1.92. The van der Waals surface area contributed by atoms with Crippen LogP contribution in [0.5, 0.6) is 0 Å². The largest absolute Gasteiger partial charge is 0.385 e. The number of rotatable bonds is 6. The van der Waals surface area contributed by atoms with E-state index in [4.69, 9.17) is 10.6 Å². The van der Waals surface area contributed by atoms with E-state index in [0.717, 1.165) is 12.0 Å². The molecule has 17 heavy (non-hydrogen) atoms. The van der Waals surface area contributed by atoms with Crippen LogP contribution < -0.4 is 11.3 Å². The van der Waals surface area contributed by atoms with E-state index in [0.29, 0.717) is 18.1 Å². The van der Waals surface area contributed by atoms with Crippen LogP contribution in [-0.4, -0.2) is 13.7 Å². The number of hydrogen-bond acceptors (Lipinski definition) is 3. The number of hydrogen-bond donors (Lipinski definition) is 2. The summed E-state index contributed by atoms with van der Waals surface area (Å²) in [5.41, 5.74) is 4.45. The Labute approximate surface area is 102 Å². The van der Waals surface area contributed by atoms with Crippen molar-refractivity contribution in [2.75, 3.05) is 13.7 Å². The van der Waals surface area contributed by atoms with Crippen molar-refractivity contribution < 1.29 is 9.13 Å². The monoisotopic (exact) mass is 240 g/mol. The van der Waals surface area contributed by atoms with E-state index in [2.05, 4.69) is 12.3 Å². The van der Waals surface area contributed by atoms with Gasteiger partial charge in [-0.25, -0.2) is 4.39 Å². The van der Waals surface area contributed by atoms with Crippen molar-refractivity contribution in [1.82, 2.24) is 5.43 Å². The number of hydrazine groups is 1. The molecule has 2 atom stereocenters. The fourth-order valence-electron chi connectivity index (χ4n) is 1.92. The first kappa shape index (κ1) is 14.1. The predicted octanol–water partition coefficient (Wildman–Crippen LogP) is 2.31. The number of benzene rings is 1. The summed E-state index contributed by atoms with van der Waals surface area (Å²) in [5.74, 6) is 5.72. The Kier molecular flexibility index (Phi) is 5.55. The van der Waals surface area contributed by atoms with Gasteiger partial charge in [-0.3, -0.25) is 11.3 Å². The molecule has 96 valence electrons. The third-order valence-electron chi connectivity index (χ3n) is 3.07. The van der Waals surface area contributed by atoms with E-state index < -0.39 is 0 Å². The molecule has 4 heteroatoms. The average molecular weight is 240 g/mol. The highest BCUT2D eigenvalue weighted by molar-refractivity contribution is 5.26. The molecule has 3 N–H and O–H groups in total. The standard InChI is InChI=1S/C13H21FN2O/c1-9(6-7-17-3)13(16-15)11-4-5-12(14)10(2)8-11/h4-5,8-9,13,16H,6-7,15H2,1-3H3. The predicted molar refractivity (Wildman–Crippen MR) is 66.9 cm³/mol. The van der Waals surface area contributed by atoms with Crippen molar-refractivity contribution in [2.45, 2.75) is 26.3 Å². The van der Waals surface area contributed by atoms with E-state index in [1.54, 1.807) is 20.1 Å². The Morgan fingerprint density at radius 2 is 2.18 bits per heavy atom. The Morgan fingerprint density at radius 1 is 1.47 bits per heavy atom. The Balaban J connectivity index is 2.81. The summed E-state index contributed by atoms with van der Waals surface area (Å²) in [6, 6.07) is 5.11. The number of aryl methyl sites for hydroxylation is 1. The average Bonchev–Trinajstić information content (AvgIpc) is 2.32. The molecule has 0 heterocycles. The van der Waals surface area contributed by atoms with Crippen LogP contribution in [0.3, 0.4) is 0 Å². The van der Waals surface area contributed by atoms with Crippen LogP contribution in [0, 0.1) is 18.7 Å². The second-order valence-electron chi connectivity index (χ2n) is 4.41. The molecule has 0 bridgehead atoms. The minimum Gasteiger partial charge on any atom is -0.385 e. The van der Waals surface area contributed by atoms with E-state index in [1.165, 1.54) is 6.07 Å². The number of ether oxygens (including phenoxy) is 1. The van der Waals surface area contributed by atoms with Crippen LogP contribution in [0.25, 0.3) is 0 Å². The molecular formula is C13H21FN2O. The normalized spacial score (nSPS) is 14.6. The van der Waals surface area contributed by atoms with Gasteiger partial charge in [0.1, 0.15) is 5.82 Å². The van der Waals surface area contributed by atoms with Crippen molar-refractivity contribution in [1.29, 1.82) is 0 Å². The zero-order valence-corrected chi connectivity index (χ0v) is 10.7. The molecule has 1 aromatic carbocycles. The van der Waals surface area contributed by atoms with Crippen molar-refractivity contribution in [2.24, 2.45) is 11.8 Å². The highest BCUT2D eigenvalue weighted by Gasteiger charge is 2.18. The number of methoxy groups -OCH3 is 1. The lowest BCUT2D eigenvalue weighted by Crippen LogP contribution is -2.33. The lowest BCUT2D eigenvalue weighted by atomic mass is 9.92. The van der Waals surface area contributed by atoms with Crippen molar-refractivity contribution >= 4 is 0 Å². The molecule has 0 spiro atoms. The molecule has 0 aromatic heterocycles. The van der Waals surface area contributed by atoms with E-state index >= 15 is 0 Å². The summed E-state index contributed by atoms with van der Waals surface area (Å²) in [4.78, 5) is 0. The maximum absolute atomic E-state index is 13.2. The van der Waals surface area contributed by atoms with Gasteiger partial charge in [0.2, 0.25) is 0 Å². The van der Waals surface area contributed by atoms with Gasteiger partial charge in [-0.2, -0.15) is 0 Å². The molecule has 0 amide bonds. The van der Waals surface area contributed by atoms with Crippen LogP contribution in [0.1, 0.15) is 30.5 Å². The summed E-state index contributed by atoms with van der Waals surface area (Å²) < 4.78 is 18.3. The minimum absolute atomic E-state index is 0.0180. The van der Waals surface area contributed by atoms with Gasteiger partial charge >= 0.3 is 0 Å². The van der Waals surface area contributed by atoms with Gasteiger partial charge in [-0.1, -0.05) is 19.1 Å². The number of halogens is 1. The first-order valence-corrected chi connectivity index (χ1v) is 5.81. The lowest BCUT2D eigenvalue weighted by molar-refractivity contribution is 0.170. The van der Waals surface area contributed by atoms with E-state index in [9.17, 15) is 4.39 Å². The third-order valence-corrected chi connectivity index (χ3v) is 3.07. The maximum Gasteiger partial charge on any atom is 0.126 e. The second-order valence-corrected chi connectivity index (χ2v) is 4.41. The molecule has 0 aliphatic heterocycles. The molecule has 1 aromatic rings. The molecule has 0 fully saturated rings. The van der Waals surface area contributed by atoms with Gasteiger partial charge in [-0.05, 0) is 36.5 Å². The summed E-state index contributed by atoms with van der Waals surface area (Å²) in [6.07, 6.45) is 0.905. The van der Waals surface area contributed by atoms with Crippen LogP contribution >= 0.6 is 0 Å². The van der Waals surface area contributed by atoms with E-state index in [1.807, 2.05) is 6.07 Å². The zero-order chi connectivity index (χ0) is 12.8. The molecule has 0 aliphatic carbocycles. The molecular weight excluding hydrogens is 219 g/mol. The number of nitrogens with two attached hydrogens (primary N) is 1. The van der Waals surface area contributed by atoms with Crippen molar-refractivity contribution in [3.05, 3.63) is 35.1 Å². The van der Waals surface area contributed by atoms with E-state index in [-0.39, 0.29) is 11.9 Å². The summed E-state index contributed by atoms with van der Waals surface area (Å²) in [6.45, 7) is 4.55. The van der Waals surface area contributed by atoms with Crippen molar-refractivity contribution in [3.8, 4) is 0 Å². The SMILES string of the molecule is COCCC(C)C(NN)c1ccc(F)c(C)c1. The smallest absolute Gasteiger partial charge is 0.126 e. The van der Waals surface area contributed by atoms with Gasteiger partial charge in [0, 0.05) is 19.8 Å². The van der Waals surface area contributed by atoms with Crippen molar-refractivity contribution in [3.63, 3.8) is 0 Å². The Morgan fingerprint density at radius 3 is 2.71 bits per heavy atom. The molecule has 0 saturated heterocycles. The quantitative estimate of drug-likeness (QED) is 0.592. The Bertz CT molecular complexity index is 357. The molecule has 0 saturated carbocycles.